The summed E-state index contributed by atoms with van der Waals surface area (Å²) in [4.78, 5) is 3.48. The first-order valence-electron chi connectivity index (χ1n) is 5.88. The number of benzene rings is 1. The van der Waals surface area contributed by atoms with Gasteiger partial charge in [-0.3, -0.25) is 0 Å². The number of rotatable bonds is 0. The molecule has 1 saturated carbocycles. The Hall–Kier alpha value is -1.73. The van der Waals surface area contributed by atoms with Gasteiger partial charge in [0, 0.05) is 11.5 Å². The van der Waals surface area contributed by atoms with Crippen LogP contribution >= 0.6 is 0 Å². The minimum atomic E-state index is 0.549. The predicted octanol–water partition coefficient (Wildman–Crippen LogP) is 4.17. The van der Waals surface area contributed by atoms with E-state index in [0.29, 0.717) is 11.6 Å². The first-order valence-corrected chi connectivity index (χ1v) is 5.88. The van der Waals surface area contributed by atoms with Crippen molar-refractivity contribution in [3.8, 4) is 11.8 Å². The van der Waals surface area contributed by atoms with Crippen molar-refractivity contribution in [3.05, 3.63) is 41.2 Å². The summed E-state index contributed by atoms with van der Waals surface area (Å²) in [5, 5.41) is 0. The fourth-order valence-electron chi connectivity index (χ4n) is 2.10. The van der Waals surface area contributed by atoms with E-state index in [4.69, 9.17) is 6.57 Å². The maximum Gasteiger partial charge on any atom is 0.202 e. The van der Waals surface area contributed by atoms with Crippen molar-refractivity contribution in [3.63, 3.8) is 0 Å². The number of hydrogen-bond acceptors (Lipinski definition) is 0. The highest BCUT2D eigenvalue weighted by Crippen LogP contribution is 2.23. The molecule has 0 amide bonds. The molecule has 1 fully saturated rings. The van der Waals surface area contributed by atoms with Gasteiger partial charge in [0.15, 0.2) is 0 Å². The third-order valence-corrected chi connectivity index (χ3v) is 3.04. The lowest BCUT2D eigenvalue weighted by molar-refractivity contribution is 0.430. The smallest absolute Gasteiger partial charge is 0.202 e. The number of para-hydroxylation sites is 1. The van der Waals surface area contributed by atoms with E-state index < -0.39 is 0 Å². The van der Waals surface area contributed by atoms with E-state index in [0.717, 1.165) is 5.56 Å². The third-order valence-electron chi connectivity index (χ3n) is 3.04. The van der Waals surface area contributed by atoms with Crippen molar-refractivity contribution >= 4 is 5.69 Å². The monoisotopic (exact) mass is 209 g/mol. The molecule has 0 unspecified atom stereocenters. The minimum absolute atomic E-state index is 0.549. The summed E-state index contributed by atoms with van der Waals surface area (Å²) in [7, 11) is 0. The summed E-state index contributed by atoms with van der Waals surface area (Å²) in [6.45, 7) is 7.06. The zero-order chi connectivity index (χ0) is 11.2. The lowest BCUT2D eigenvalue weighted by atomic mass is 9.89. The average molecular weight is 209 g/mol. The summed E-state index contributed by atoms with van der Waals surface area (Å²) in [6.07, 6.45) is 6.44. The molecule has 80 valence electrons. The van der Waals surface area contributed by atoms with Crippen LogP contribution in [0.15, 0.2) is 24.3 Å². The van der Waals surface area contributed by atoms with Gasteiger partial charge in [0.1, 0.15) is 0 Å². The molecule has 0 spiro atoms. The van der Waals surface area contributed by atoms with Crippen LogP contribution in [0.5, 0.6) is 0 Å². The van der Waals surface area contributed by atoms with Crippen molar-refractivity contribution < 1.29 is 0 Å². The lowest BCUT2D eigenvalue weighted by Crippen LogP contribution is -2.02. The molecule has 0 bridgehead atoms. The van der Waals surface area contributed by atoms with E-state index in [1.807, 2.05) is 24.3 Å². The van der Waals surface area contributed by atoms with Crippen LogP contribution in [0.4, 0.5) is 5.69 Å². The van der Waals surface area contributed by atoms with Crippen molar-refractivity contribution in [2.45, 2.75) is 32.1 Å². The minimum Gasteiger partial charge on any atom is -0.237 e. The Morgan fingerprint density at radius 1 is 1.12 bits per heavy atom. The molecule has 1 aromatic carbocycles. The van der Waals surface area contributed by atoms with Gasteiger partial charge in [-0.05, 0) is 12.8 Å². The van der Waals surface area contributed by atoms with Gasteiger partial charge in [-0.25, -0.2) is 4.85 Å². The van der Waals surface area contributed by atoms with Crippen molar-refractivity contribution in [2.75, 3.05) is 0 Å². The molecule has 0 aromatic heterocycles. The zero-order valence-electron chi connectivity index (χ0n) is 9.37. The molecule has 1 heteroatoms. The van der Waals surface area contributed by atoms with E-state index in [-0.39, 0.29) is 0 Å². The van der Waals surface area contributed by atoms with Gasteiger partial charge in [-0.2, -0.15) is 0 Å². The second kappa shape index (κ2) is 5.38. The molecule has 1 aliphatic carbocycles. The fourth-order valence-corrected chi connectivity index (χ4v) is 2.10. The van der Waals surface area contributed by atoms with E-state index in [2.05, 4.69) is 16.7 Å². The summed E-state index contributed by atoms with van der Waals surface area (Å²) >= 11 is 0. The average Bonchev–Trinajstić information content (AvgIpc) is 2.38. The third kappa shape index (κ3) is 2.65. The maximum absolute atomic E-state index is 7.06. The van der Waals surface area contributed by atoms with E-state index in [9.17, 15) is 0 Å². The largest absolute Gasteiger partial charge is 0.237 e. The predicted molar refractivity (Wildman–Crippen MR) is 66.2 cm³/mol. The molecule has 0 radical (unpaired) electrons. The van der Waals surface area contributed by atoms with Crippen LogP contribution < -0.4 is 0 Å². The number of nitrogens with zero attached hydrogens (tertiary/aromatic N) is 1. The molecule has 0 N–H and O–H groups in total. The molecule has 16 heavy (non-hydrogen) atoms. The lowest BCUT2D eigenvalue weighted by Gasteiger charge is -2.15. The highest BCUT2D eigenvalue weighted by Gasteiger charge is 2.09. The summed E-state index contributed by atoms with van der Waals surface area (Å²) in [6, 6.07) is 7.60. The summed E-state index contributed by atoms with van der Waals surface area (Å²) < 4.78 is 0. The molecule has 1 aliphatic rings. The Morgan fingerprint density at radius 3 is 2.62 bits per heavy atom. The normalized spacial score (nSPS) is 15.9. The standard InChI is InChI=1S/C15H15N/c1-16-15-10-6-5-9-14(15)12-11-13-7-3-2-4-8-13/h5-6,9-10,13H,2-4,7-8H2. The molecule has 0 aliphatic heterocycles. The Morgan fingerprint density at radius 2 is 1.88 bits per heavy atom. The van der Waals surface area contributed by atoms with Crippen LogP contribution in [0.25, 0.3) is 4.85 Å². The highest BCUT2D eigenvalue weighted by molar-refractivity contribution is 5.59. The Labute approximate surface area is 97.3 Å². The Balaban J connectivity index is 2.14. The second-order valence-corrected chi connectivity index (χ2v) is 4.23. The molecule has 1 aromatic rings. The highest BCUT2D eigenvalue weighted by atomic mass is 14.6. The molecule has 0 saturated heterocycles. The van der Waals surface area contributed by atoms with Crippen molar-refractivity contribution in [2.24, 2.45) is 5.92 Å². The molecule has 0 heterocycles. The maximum atomic E-state index is 7.06. The zero-order valence-corrected chi connectivity index (χ0v) is 9.37. The quantitative estimate of drug-likeness (QED) is 0.446. The van der Waals surface area contributed by atoms with E-state index >= 15 is 0 Å². The van der Waals surface area contributed by atoms with Crippen LogP contribution in [0.1, 0.15) is 37.7 Å². The van der Waals surface area contributed by atoms with Gasteiger partial charge in [0.2, 0.25) is 5.69 Å². The second-order valence-electron chi connectivity index (χ2n) is 4.23. The fraction of sp³-hybridized carbons (Fsp3) is 0.400. The van der Waals surface area contributed by atoms with Crippen LogP contribution in [0.3, 0.4) is 0 Å². The Kier molecular flexibility index (Phi) is 3.62. The first kappa shape index (κ1) is 10.8. The van der Waals surface area contributed by atoms with Gasteiger partial charge in [-0.15, -0.1) is 0 Å². The van der Waals surface area contributed by atoms with Gasteiger partial charge < -0.3 is 0 Å². The van der Waals surface area contributed by atoms with Crippen LogP contribution in [0.2, 0.25) is 0 Å². The molecular weight excluding hydrogens is 194 g/mol. The molecule has 0 atom stereocenters. The van der Waals surface area contributed by atoms with Crippen molar-refractivity contribution in [1.29, 1.82) is 0 Å². The summed E-state index contributed by atoms with van der Waals surface area (Å²) in [5.41, 5.74) is 1.55. The Bertz CT molecular complexity index is 450. The molecule has 1 nitrogen and oxygen atoms in total. The molecule has 2 rings (SSSR count). The van der Waals surface area contributed by atoms with Gasteiger partial charge >= 0.3 is 0 Å². The van der Waals surface area contributed by atoms with E-state index in [1.54, 1.807) is 0 Å². The SMILES string of the molecule is [C-]#[N+]c1ccccc1C#CC1CCCCC1. The topological polar surface area (TPSA) is 4.36 Å². The summed E-state index contributed by atoms with van der Waals surface area (Å²) in [5.74, 6) is 7.04. The van der Waals surface area contributed by atoms with Crippen LogP contribution in [-0.4, -0.2) is 0 Å². The van der Waals surface area contributed by atoms with Gasteiger partial charge in [0.25, 0.3) is 0 Å². The van der Waals surface area contributed by atoms with E-state index in [1.165, 1.54) is 32.1 Å². The molecular formula is C15H15N. The van der Waals surface area contributed by atoms with Gasteiger partial charge in [-0.1, -0.05) is 55.4 Å². The first-order chi connectivity index (χ1) is 7.90. The van der Waals surface area contributed by atoms with Crippen molar-refractivity contribution in [1.82, 2.24) is 0 Å². The number of hydrogen-bond donors (Lipinski definition) is 0. The van der Waals surface area contributed by atoms with Crippen LogP contribution in [0, 0.1) is 24.3 Å². The van der Waals surface area contributed by atoms with Gasteiger partial charge in [0.05, 0.1) is 6.57 Å². The van der Waals surface area contributed by atoms with Crippen LogP contribution in [-0.2, 0) is 0 Å².